The molecule has 6 nitrogen and oxygen atoms in total. The van der Waals surface area contributed by atoms with Crippen LogP contribution < -0.4 is 15.4 Å². The molecule has 180 valence electrons. The minimum absolute atomic E-state index is 0. The molecule has 7 heteroatoms. The number of ether oxygens (including phenoxy) is 1. The maximum atomic E-state index is 12.7. The number of aliphatic imine (C=N–C) groups is 1. The number of methoxy groups -OCH3 is 1. The molecule has 2 N–H and O–H groups in total. The zero-order chi connectivity index (χ0) is 22.9. The number of amides is 1. The number of carbonyl (C=O) groups is 1. The molecule has 0 fully saturated rings. The normalized spacial score (nSPS) is 14.1. The molecule has 0 bridgehead atoms. The highest BCUT2D eigenvalue weighted by Crippen LogP contribution is 2.26. The van der Waals surface area contributed by atoms with Crippen LogP contribution in [0.5, 0.6) is 5.75 Å². The predicted octanol–water partition coefficient (Wildman–Crippen LogP) is 4.60. The van der Waals surface area contributed by atoms with Crippen LogP contribution in [-0.4, -0.2) is 43.5 Å². The van der Waals surface area contributed by atoms with Crippen molar-refractivity contribution >= 4 is 35.8 Å². The van der Waals surface area contributed by atoms with E-state index in [-0.39, 0.29) is 35.9 Å². The monoisotopic (exact) mass is 564 g/mol. The average Bonchev–Trinajstić information content (AvgIpc) is 2.81. The Morgan fingerprint density at radius 2 is 1.97 bits per heavy atom. The second-order valence-electron chi connectivity index (χ2n) is 8.31. The van der Waals surface area contributed by atoms with E-state index in [1.807, 2.05) is 30.0 Å². The van der Waals surface area contributed by atoms with Crippen LogP contribution in [0.4, 0.5) is 0 Å². The Kier molecular flexibility index (Phi) is 11.0. The van der Waals surface area contributed by atoms with Crippen LogP contribution in [0.3, 0.4) is 0 Å². The second kappa shape index (κ2) is 13.4. The lowest BCUT2D eigenvalue weighted by Crippen LogP contribution is -2.39. The van der Waals surface area contributed by atoms with Crippen LogP contribution in [-0.2, 0) is 17.8 Å². The number of nitrogens with zero attached hydrogens (tertiary/aromatic N) is 2. The van der Waals surface area contributed by atoms with E-state index in [2.05, 4.69) is 48.7 Å². The summed E-state index contributed by atoms with van der Waals surface area (Å²) in [4.78, 5) is 19.3. The molecule has 0 aliphatic carbocycles. The Hall–Kier alpha value is -2.29. The Labute approximate surface area is 215 Å². The number of carbonyl (C=O) groups excluding carboxylic acids is 1. The van der Waals surface area contributed by atoms with Crippen molar-refractivity contribution in [2.24, 2.45) is 4.99 Å². The molecule has 1 aliphatic rings. The highest BCUT2D eigenvalue weighted by atomic mass is 127. The molecule has 0 spiro atoms. The van der Waals surface area contributed by atoms with Crippen molar-refractivity contribution in [2.45, 2.75) is 52.6 Å². The van der Waals surface area contributed by atoms with Crippen LogP contribution >= 0.6 is 24.0 Å². The van der Waals surface area contributed by atoms with E-state index < -0.39 is 0 Å². The maximum absolute atomic E-state index is 12.7. The van der Waals surface area contributed by atoms with Gasteiger partial charge in [0.05, 0.1) is 13.2 Å². The maximum Gasteiger partial charge on any atom is 0.222 e. The molecule has 1 unspecified atom stereocenters. The van der Waals surface area contributed by atoms with Gasteiger partial charge in [-0.25, -0.2) is 0 Å². The summed E-state index contributed by atoms with van der Waals surface area (Å²) in [6, 6.07) is 14.6. The van der Waals surface area contributed by atoms with Gasteiger partial charge in [0, 0.05) is 38.2 Å². The van der Waals surface area contributed by atoms with Gasteiger partial charge in [0.15, 0.2) is 5.96 Å². The Balaban J connectivity index is 0.00000385. The quantitative estimate of drug-likeness (QED) is 0.213. The topological polar surface area (TPSA) is 66.0 Å². The van der Waals surface area contributed by atoms with Crippen LogP contribution in [0.2, 0.25) is 0 Å². The smallest absolute Gasteiger partial charge is 0.222 e. The van der Waals surface area contributed by atoms with Gasteiger partial charge in [0.25, 0.3) is 0 Å². The van der Waals surface area contributed by atoms with Gasteiger partial charge in [-0.15, -0.1) is 24.0 Å². The molecule has 1 heterocycles. The van der Waals surface area contributed by atoms with Gasteiger partial charge in [0.2, 0.25) is 5.91 Å². The van der Waals surface area contributed by atoms with Gasteiger partial charge in [-0.1, -0.05) is 42.0 Å². The summed E-state index contributed by atoms with van der Waals surface area (Å²) in [6.07, 6.45) is 2.19. The summed E-state index contributed by atoms with van der Waals surface area (Å²) in [7, 11) is 1.69. The third-order valence-electron chi connectivity index (χ3n) is 5.85. The fraction of sp³-hybridized carbons (Fsp3) is 0.462. The fourth-order valence-corrected chi connectivity index (χ4v) is 4.08. The van der Waals surface area contributed by atoms with E-state index in [9.17, 15) is 4.79 Å². The number of aryl methyl sites for hydroxylation is 1. The summed E-state index contributed by atoms with van der Waals surface area (Å²) in [5.74, 6) is 1.83. The number of guanidine groups is 1. The van der Waals surface area contributed by atoms with Gasteiger partial charge in [-0.2, -0.15) is 0 Å². The van der Waals surface area contributed by atoms with Crippen molar-refractivity contribution in [3.63, 3.8) is 0 Å². The molecule has 0 aromatic heterocycles. The number of benzene rings is 2. The Morgan fingerprint density at radius 1 is 1.21 bits per heavy atom. The third kappa shape index (κ3) is 7.62. The first-order valence-corrected chi connectivity index (χ1v) is 11.6. The summed E-state index contributed by atoms with van der Waals surface area (Å²) in [5.41, 5.74) is 4.92. The molecule has 0 radical (unpaired) electrons. The number of hydrogen-bond acceptors (Lipinski definition) is 3. The Morgan fingerprint density at radius 3 is 2.70 bits per heavy atom. The van der Waals surface area contributed by atoms with Crippen molar-refractivity contribution in [2.75, 3.05) is 26.7 Å². The SMILES string of the molecule is CCNC(=NCCCC(=O)N1CCc2ccccc2C1)NC(C)c1cc(C)ccc1OC.I. The van der Waals surface area contributed by atoms with Crippen molar-refractivity contribution in [1.82, 2.24) is 15.5 Å². The molecule has 33 heavy (non-hydrogen) atoms. The van der Waals surface area contributed by atoms with Gasteiger partial charge in [0.1, 0.15) is 5.75 Å². The second-order valence-corrected chi connectivity index (χ2v) is 8.31. The number of rotatable bonds is 8. The first kappa shape index (κ1) is 27.0. The van der Waals surface area contributed by atoms with Crippen LogP contribution in [0, 0.1) is 6.92 Å². The first-order valence-electron chi connectivity index (χ1n) is 11.6. The fourth-order valence-electron chi connectivity index (χ4n) is 4.08. The van der Waals surface area contributed by atoms with E-state index in [0.717, 1.165) is 49.7 Å². The largest absolute Gasteiger partial charge is 0.496 e. The molecular formula is C26H37IN4O2. The van der Waals surface area contributed by atoms with Crippen LogP contribution in [0.15, 0.2) is 47.5 Å². The van der Waals surface area contributed by atoms with Gasteiger partial charge < -0.3 is 20.3 Å². The standard InChI is InChI=1S/C26H36N4O2.HI/c1-5-27-26(29-20(3)23-17-19(2)12-13-24(23)32-4)28-15-8-11-25(31)30-16-14-21-9-6-7-10-22(21)18-30;/h6-7,9-10,12-13,17,20H,5,8,11,14-16,18H2,1-4H3,(H2,27,28,29);1H. The van der Waals surface area contributed by atoms with Gasteiger partial charge in [-0.05, 0) is 50.8 Å². The lowest BCUT2D eigenvalue weighted by atomic mass is 9.99. The molecule has 2 aromatic rings. The van der Waals surface area contributed by atoms with Crippen LogP contribution in [0.25, 0.3) is 0 Å². The van der Waals surface area contributed by atoms with Crippen LogP contribution in [0.1, 0.15) is 55.0 Å². The molecular weight excluding hydrogens is 527 g/mol. The van der Waals surface area contributed by atoms with Crippen molar-refractivity contribution < 1.29 is 9.53 Å². The number of nitrogens with one attached hydrogen (secondary N) is 2. The Bertz CT molecular complexity index is 948. The molecule has 3 rings (SSSR count). The highest BCUT2D eigenvalue weighted by molar-refractivity contribution is 14.0. The van der Waals surface area contributed by atoms with Gasteiger partial charge >= 0.3 is 0 Å². The summed E-state index contributed by atoms with van der Waals surface area (Å²) < 4.78 is 5.53. The third-order valence-corrected chi connectivity index (χ3v) is 5.85. The predicted molar refractivity (Wildman–Crippen MR) is 145 cm³/mol. The zero-order valence-electron chi connectivity index (χ0n) is 20.2. The highest BCUT2D eigenvalue weighted by Gasteiger charge is 2.20. The summed E-state index contributed by atoms with van der Waals surface area (Å²) >= 11 is 0. The lowest BCUT2D eigenvalue weighted by molar-refractivity contribution is -0.132. The summed E-state index contributed by atoms with van der Waals surface area (Å²) in [6.45, 7) is 9.12. The minimum atomic E-state index is 0. The zero-order valence-corrected chi connectivity index (χ0v) is 22.5. The molecule has 2 aromatic carbocycles. The molecule has 1 atom stereocenters. The first-order chi connectivity index (χ1) is 15.5. The minimum Gasteiger partial charge on any atom is -0.496 e. The van der Waals surface area contributed by atoms with Crippen molar-refractivity contribution in [1.29, 1.82) is 0 Å². The average molecular weight is 565 g/mol. The van der Waals surface area contributed by atoms with Crippen molar-refractivity contribution in [3.05, 3.63) is 64.7 Å². The van der Waals surface area contributed by atoms with E-state index >= 15 is 0 Å². The molecule has 0 saturated carbocycles. The molecule has 0 saturated heterocycles. The molecule has 1 aliphatic heterocycles. The van der Waals surface area contributed by atoms with Gasteiger partial charge in [-0.3, -0.25) is 9.79 Å². The number of fused-ring (bicyclic) bond motifs is 1. The van der Waals surface area contributed by atoms with E-state index in [1.54, 1.807) is 7.11 Å². The number of hydrogen-bond donors (Lipinski definition) is 2. The number of halogens is 1. The lowest BCUT2D eigenvalue weighted by Gasteiger charge is -2.29. The van der Waals surface area contributed by atoms with E-state index in [4.69, 9.17) is 9.73 Å². The van der Waals surface area contributed by atoms with E-state index in [0.29, 0.717) is 13.0 Å². The van der Waals surface area contributed by atoms with Crippen molar-refractivity contribution in [3.8, 4) is 5.75 Å². The van der Waals surface area contributed by atoms with E-state index in [1.165, 1.54) is 16.7 Å². The summed E-state index contributed by atoms with van der Waals surface area (Å²) in [5, 5.41) is 6.76. The molecule has 1 amide bonds.